The van der Waals surface area contributed by atoms with Crippen molar-refractivity contribution in [3.05, 3.63) is 11.6 Å². The van der Waals surface area contributed by atoms with E-state index < -0.39 is 196 Å². The Morgan fingerprint density at radius 3 is 1.80 bits per heavy atom. The Balaban J connectivity index is 0.788. The van der Waals surface area contributed by atoms with Gasteiger partial charge >= 0.3 is 5.97 Å². The second-order valence-corrected chi connectivity index (χ2v) is 28.4. The fraction of sp³-hybridized carbons (Fsp3) is 0.949. The normalized spacial score (nSPS) is 54.8. The van der Waals surface area contributed by atoms with Crippen LogP contribution in [-0.4, -0.2) is 280 Å². The number of carbonyl (C=O) groups excluding carboxylic acids is 1. The van der Waals surface area contributed by atoms with Gasteiger partial charge in [0.15, 0.2) is 18.9 Å². The first-order valence-electron chi connectivity index (χ1n) is 30.8. The van der Waals surface area contributed by atoms with E-state index in [4.69, 9.17) is 47.4 Å². The second-order valence-electron chi connectivity index (χ2n) is 28.4. The van der Waals surface area contributed by atoms with Crippen LogP contribution in [0.3, 0.4) is 0 Å². The number of fused-ring (bicyclic) bond motifs is 7. The number of allylic oxidation sites excluding steroid dienone is 2. The third-order valence-electron chi connectivity index (χ3n) is 23.1. The monoisotopic (exact) mass is 1240 g/mol. The molecule has 4 saturated carbocycles. The average molecular weight is 1240 g/mol. The maximum absolute atomic E-state index is 15.2. The zero-order valence-electron chi connectivity index (χ0n) is 50.0. The van der Waals surface area contributed by atoms with Crippen LogP contribution >= 0.6 is 0 Å². The van der Waals surface area contributed by atoms with Crippen molar-refractivity contribution in [2.24, 2.45) is 44.8 Å². The number of esters is 1. The van der Waals surface area contributed by atoms with E-state index in [0.717, 1.165) is 6.42 Å². The van der Waals surface area contributed by atoms with Gasteiger partial charge in [0.25, 0.3) is 0 Å². The fourth-order valence-electron chi connectivity index (χ4n) is 17.4. The van der Waals surface area contributed by atoms with Gasteiger partial charge in [0.2, 0.25) is 6.29 Å². The maximum atomic E-state index is 15.2. The van der Waals surface area contributed by atoms with Gasteiger partial charge in [-0.05, 0) is 117 Å². The smallest absolute Gasteiger partial charge is 0.315 e. The summed E-state index contributed by atoms with van der Waals surface area (Å²) in [5.74, 6) is -1.00. The Kier molecular flexibility index (Phi) is 19.4. The molecule has 0 spiro atoms. The summed E-state index contributed by atoms with van der Waals surface area (Å²) in [6.07, 6.45) is -30.1. The van der Waals surface area contributed by atoms with Crippen LogP contribution in [0.5, 0.6) is 0 Å². The minimum absolute atomic E-state index is 0.107. The molecule has 0 bridgehead atoms. The van der Waals surface area contributed by atoms with Gasteiger partial charge in [-0.15, -0.1) is 0 Å². The Labute approximate surface area is 499 Å². The number of aliphatic hydroxyl groups excluding tert-OH is 15. The number of aliphatic hydroxyl groups is 16. The molecule has 0 aromatic carbocycles. The molecule has 0 amide bonds. The van der Waals surface area contributed by atoms with Crippen LogP contribution in [0.25, 0.3) is 0 Å². The fourth-order valence-corrected chi connectivity index (χ4v) is 17.4. The van der Waals surface area contributed by atoms with Gasteiger partial charge in [-0.25, -0.2) is 0 Å². The lowest BCUT2D eigenvalue weighted by Gasteiger charge is -2.71. The van der Waals surface area contributed by atoms with Gasteiger partial charge in [-0.1, -0.05) is 46.3 Å². The van der Waals surface area contributed by atoms with Crippen LogP contribution < -0.4 is 0 Å². The first-order valence-corrected chi connectivity index (χ1v) is 30.8. The van der Waals surface area contributed by atoms with Crippen LogP contribution in [0.4, 0.5) is 0 Å². The molecule has 9 fully saturated rings. The average Bonchev–Trinajstić information content (AvgIpc) is 0.682. The summed E-state index contributed by atoms with van der Waals surface area (Å²) in [7, 11) is 0. The molecule has 5 saturated heterocycles. The SMILES string of the molecule is C[C@@H]1O[C@@H](O[C@H]2[C@H](O)[C@@H](O)[C@H](OC[C@H]3O[C@@H](OC(=O)[C@]45CCC(C)(C)C[C@H]4C4=CC[C@@H]6[C@@]7(C)CC[C@H](OC[C@@H]8OC[C@H](O[C@@H]9O[C@H](CO)[C@@H](O)[C@H](O)[C@H]9O)[C@H](O)[C@H]8O)[C@](C)(O)[C@@H]7CC[C@@]6(C)[C@]4(C)CC5)[C@H](O)[C@@H](O)[C@@H]3O)O[C@@H]2CO)[C@H](O)[C@H](O)[C@H]1O. The van der Waals surface area contributed by atoms with E-state index in [1.165, 1.54) is 12.5 Å². The number of hydrogen-bond donors (Lipinski definition) is 16. The Morgan fingerprint density at radius 1 is 0.558 bits per heavy atom. The summed E-state index contributed by atoms with van der Waals surface area (Å²) in [5.41, 5.74) is -2.44. The molecule has 0 aromatic rings. The molecule has 10 aliphatic rings. The predicted molar refractivity (Wildman–Crippen MR) is 290 cm³/mol. The molecule has 0 aromatic heterocycles. The van der Waals surface area contributed by atoms with Crippen molar-refractivity contribution in [1.82, 2.24) is 0 Å². The molecule has 27 nitrogen and oxygen atoms in total. The lowest BCUT2D eigenvalue weighted by molar-refractivity contribution is -0.361. The van der Waals surface area contributed by atoms with Gasteiger partial charge in [0.1, 0.15) is 116 Å². The Hall–Kier alpha value is -1.79. The highest BCUT2D eigenvalue weighted by atomic mass is 16.8. The Bertz CT molecular complexity index is 2380. The van der Waals surface area contributed by atoms with E-state index in [9.17, 15) is 81.7 Å². The molecule has 5 heterocycles. The van der Waals surface area contributed by atoms with Crippen LogP contribution in [0.1, 0.15) is 113 Å². The maximum Gasteiger partial charge on any atom is 0.315 e. The molecule has 5 aliphatic carbocycles. The summed E-state index contributed by atoms with van der Waals surface area (Å²) in [4.78, 5) is 15.2. The predicted octanol–water partition coefficient (Wildman–Crippen LogP) is -3.78. The Morgan fingerprint density at radius 2 is 1.13 bits per heavy atom. The van der Waals surface area contributed by atoms with Crippen molar-refractivity contribution in [3.63, 3.8) is 0 Å². The first-order chi connectivity index (χ1) is 40.3. The van der Waals surface area contributed by atoms with Gasteiger partial charge in [-0.3, -0.25) is 4.79 Å². The summed E-state index contributed by atoms with van der Waals surface area (Å²) in [6.45, 7) is 12.0. The molecule has 86 heavy (non-hydrogen) atoms. The zero-order valence-corrected chi connectivity index (χ0v) is 50.0. The van der Waals surface area contributed by atoms with E-state index in [1.807, 2.05) is 6.92 Å². The lowest BCUT2D eigenvalue weighted by atomic mass is 9.34. The van der Waals surface area contributed by atoms with Crippen molar-refractivity contribution < 1.29 is 134 Å². The quantitative estimate of drug-likeness (QED) is 0.0586. The van der Waals surface area contributed by atoms with Crippen LogP contribution in [0.2, 0.25) is 0 Å². The molecular formula is C59H96O27. The van der Waals surface area contributed by atoms with Gasteiger partial charge < -0.3 is 129 Å². The van der Waals surface area contributed by atoms with Crippen molar-refractivity contribution in [3.8, 4) is 0 Å². The van der Waals surface area contributed by atoms with Crippen LogP contribution in [0.15, 0.2) is 11.6 Å². The summed E-state index contributed by atoms with van der Waals surface area (Å²) in [6, 6.07) is 0. The largest absolute Gasteiger partial charge is 0.432 e. The van der Waals surface area contributed by atoms with E-state index in [1.54, 1.807) is 0 Å². The van der Waals surface area contributed by atoms with Gasteiger partial charge in [0.05, 0.1) is 56.3 Å². The summed E-state index contributed by atoms with van der Waals surface area (Å²) in [5, 5.41) is 173. The highest BCUT2D eigenvalue weighted by molar-refractivity contribution is 5.79. The van der Waals surface area contributed by atoms with Crippen molar-refractivity contribution in [1.29, 1.82) is 0 Å². The molecular weight excluding hydrogens is 1140 g/mol. The van der Waals surface area contributed by atoms with Crippen molar-refractivity contribution >= 4 is 5.97 Å². The molecule has 10 rings (SSSR count). The van der Waals surface area contributed by atoms with Crippen molar-refractivity contribution in [2.45, 2.75) is 272 Å². The van der Waals surface area contributed by atoms with E-state index in [-0.39, 0.29) is 47.2 Å². The topological polar surface area (TPSA) is 433 Å². The lowest BCUT2D eigenvalue weighted by Crippen LogP contribution is -2.67. The number of hydrogen-bond acceptors (Lipinski definition) is 27. The highest BCUT2D eigenvalue weighted by Crippen LogP contribution is 2.75. The van der Waals surface area contributed by atoms with E-state index in [0.29, 0.717) is 57.8 Å². The second kappa shape index (κ2) is 24.9. The van der Waals surface area contributed by atoms with Crippen molar-refractivity contribution in [2.75, 3.05) is 33.0 Å². The summed E-state index contributed by atoms with van der Waals surface area (Å²) < 4.78 is 58.4. The highest BCUT2D eigenvalue weighted by Gasteiger charge is 2.71. The first kappa shape index (κ1) is 67.1. The zero-order chi connectivity index (χ0) is 62.7. The molecule has 16 N–H and O–H groups in total. The van der Waals surface area contributed by atoms with Gasteiger partial charge in [-0.2, -0.15) is 0 Å². The molecule has 0 unspecified atom stereocenters. The third-order valence-corrected chi connectivity index (χ3v) is 23.1. The number of ether oxygens (including phenoxy) is 10. The van der Waals surface area contributed by atoms with Gasteiger partial charge in [0, 0.05) is 0 Å². The number of carbonyl (C=O) groups is 1. The third kappa shape index (κ3) is 11.4. The standard InChI is InChI=1S/C59H96O27/c1-24-35(62)40(67)44(71)50(80-24)85-48-28(20-61)82-49(47(74)43(48)70)79-23-31-39(66)42(69)46(73)52(84-31)86-53(75)59-16-14-54(2,3)18-26(59)25-8-9-32-55(4)12-11-34(58(7,76)33(55)10-13-57(32,6)56(25,5)15-17-59)78-21-29-37(64)38(65)30(22-77-29)83-51-45(72)41(68)36(63)27(19-60)81-51/h8,24,26-52,60-74,76H,9-23H2,1-7H3/t24-,26-,27+,28+,29-,30-,31+,32+,33+,34-,35-,36+,37-,38-,39+,40+,41-,42-,43+,44+,45+,46+,47+,48+,49+,50-,51-,52-,55+,56+,57+,58+,59-/m0/s1. The van der Waals surface area contributed by atoms with Crippen LogP contribution in [-0.2, 0) is 52.2 Å². The summed E-state index contributed by atoms with van der Waals surface area (Å²) >= 11 is 0. The molecule has 5 aliphatic heterocycles. The minimum Gasteiger partial charge on any atom is -0.432 e. The van der Waals surface area contributed by atoms with E-state index in [2.05, 4.69) is 40.7 Å². The molecule has 27 heteroatoms. The molecule has 494 valence electrons. The number of rotatable bonds is 14. The minimum atomic E-state index is -1.90. The van der Waals surface area contributed by atoms with Crippen LogP contribution in [0, 0.1) is 44.8 Å². The molecule has 33 atom stereocenters. The van der Waals surface area contributed by atoms with E-state index >= 15 is 4.79 Å². The molecule has 0 radical (unpaired) electrons.